The number of aromatic nitrogens is 1. The van der Waals surface area contributed by atoms with Crippen LogP contribution in [-0.4, -0.2) is 4.98 Å². The standard InChI is InChI=1S/C12H14N2S/c1-2-4-9-5-3-6-10(7-9)11-8-14-12(13)15-11/h3,5-8H,2,4H2,1H3,(H2,13,14). The number of aryl methyl sites for hydroxylation is 1. The normalized spacial score (nSPS) is 10.5. The zero-order valence-electron chi connectivity index (χ0n) is 8.73. The molecule has 0 spiro atoms. The maximum Gasteiger partial charge on any atom is 0.180 e. The number of thiazole rings is 1. The van der Waals surface area contributed by atoms with Crippen molar-refractivity contribution in [3.63, 3.8) is 0 Å². The molecule has 2 rings (SSSR count). The molecule has 0 aliphatic heterocycles. The highest BCUT2D eigenvalue weighted by atomic mass is 32.1. The van der Waals surface area contributed by atoms with Gasteiger partial charge in [-0.25, -0.2) is 4.98 Å². The Bertz CT molecular complexity index is 448. The molecule has 3 heteroatoms. The van der Waals surface area contributed by atoms with Crippen LogP contribution in [0.2, 0.25) is 0 Å². The van der Waals surface area contributed by atoms with Crippen LogP contribution in [0.3, 0.4) is 0 Å². The molecule has 1 heterocycles. The number of nitrogens with two attached hydrogens (primary N) is 1. The van der Waals surface area contributed by atoms with Crippen molar-refractivity contribution in [2.45, 2.75) is 19.8 Å². The third kappa shape index (κ3) is 2.36. The van der Waals surface area contributed by atoms with Crippen LogP contribution in [0, 0.1) is 0 Å². The molecule has 0 bridgehead atoms. The van der Waals surface area contributed by atoms with Gasteiger partial charge < -0.3 is 5.73 Å². The molecule has 1 aromatic heterocycles. The number of benzene rings is 1. The Labute approximate surface area is 93.8 Å². The van der Waals surface area contributed by atoms with Crippen molar-refractivity contribution in [1.29, 1.82) is 0 Å². The lowest BCUT2D eigenvalue weighted by Crippen LogP contribution is -1.83. The smallest absolute Gasteiger partial charge is 0.180 e. The summed E-state index contributed by atoms with van der Waals surface area (Å²) in [4.78, 5) is 5.21. The molecule has 0 unspecified atom stereocenters. The molecule has 0 aliphatic carbocycles. The average molecular weight is 218 g/mol. The van der Waals surface area contributed by atoms with Crippen LogP contribution in [0.4, 0.5) is 5.13 Å². The molecule has 2 nitrogen and oxygen atoms in total. The van der Waals surface area contributed by atoms with Gasteiger partial charge in [0, 0.05) is 6.20 Å². The van der Waals surface area contributed by atoms with Gasteiger partial charge >= 0.3 is 0 Å². The van der Waals surface area contributed by atoms with Crippen LogP contribution < -0.4 is 5.73 Å². The maximum absolute atomic E-state index is 5.62. The maximum atomic E-state index is 5.62. The van der Waals surface area contributed by atoms with Crippen molar-refractivity contribution >= 4 is 16.5 Å². The Morgan fingerprint density at radius 1 is 1.40 bits per heavy atom. The number of nitrogen functional groups attached to an aromatic ring is 1. The zero-order valence-corrected chi connectivity index (χ0v) is 9.55. The van der Waals surface area contributed by atoms with Crippen LogP contribution in [0.1, 0.15) is 18.9 Å². The second kappa shape index (κ2) is 4.45. The van der Waals surface area contributed by atoms with Crippen LogP contribution in [0.5, 0.6) is 0 Å². The van der Waals surface area contributed by atoms with E-state index in [4.69, 9.17) is 5.73 Å². The first kappa shape index (κ1) is 10.2. The Morgan fingerprint density at radius 3 is 2.93 bits per heavy atom. The number of rotatable bonds is 3. The molecular weight excluding hydrogens is 204 g/mol. The van der Waals surface area contributed by atoms with Crippen molar-refractivity contribution in [1.82, 2.24) is 4.98 Å². The van der Waals surface area contributed by atoms with E-state index in [1.165, 1.54) is 28.9 Å². The van der Waals surface area contributed by atoms with E-state index >= 15 is 0 Å². The van der Waals surface area contributed by atoms with E-state index in [-0.39, 0.29) is 0 Å². The average Bonchev–Trinajstić information content (AvgIpc) is 2.66. The molecule has 0 radical (unpaired) electrons. The van der Waals surface area contributed by atoms with E-state index in [1.54, 1.807) is 0 Å². The molecule has 15 heavy (non-hydrogen) atoms. The highest BCUT2D eigenvalue weighted by Gasteiger charge is 2.02. The van der Waals surface area contributed by atoms with E-state index in [1.807, 2.05) is 6.20 Å². The lowest BCUT2D eigenvalue weighted by molar-refractivity contribution is 0.922. The minimum atomic E-state index is 0.630. The molecule has 0 fully saturated rings. The Hall–Kier alpha value is -1.35. The van der Waals surface area contributed by atoms with Gasteiger partial charge in [-0.05, 0) is 17.5 Å². The number of nitrogens with zero attached hydrogens (tertiary/aromatic N) is 1. The van der Waals surface area contributed by atoms with E-state index < -0.39 is 0 Å². The molecule has 2 N–H and O–H groups in total. The minimum absolute atomic E-state index is 0.630. The van der Waals surface area contributed by atoms with Crippen molar-refractivity contribution < 1.29 is 0 Å². The zero-order chi connectivity index (χ0) is 10.7. The molecule has 0 aliphatic rings. The summed E-state index contributed by atoms with van der Waals surface area (Å²) in [6, 6.07) is 8.58. The Balaban J connectivity index is 2.32. The highest BCUT2D eigenvalue weighted by Crippen LogP contribution is 2.27. The van der Waals surface area contributed by atoms with E-state index in [9.17, 15) is 0 Å². The van der Waals surface area contributed by atoms with E-state index in [0.717, 1.165) is 11.3 Å². The fourth-order valence-corrected chi connectivity index (χ4v) is 2.27. The fourth-order valence-electron chi connectivity index (χ4n) is 1.59. The first-order valence-corrected chi connectivity index (χ1v) is 5.92. The topological polar surface area (TPSA) is 38.9 Å². The SMILES string of the molecule is CCCc1cccc(-c2cnc(N)s2)c1. The van der Waals surface area contributed by atoms with Gasteiger partial charge in [-0.15, -0.1) is 0 Å². The van der Waals surface area contributed by atoms with Gasteiger partial charge in [0.15, 0.2) is 5.13 Å². The molecule has 2 aromatic rings. The van der Waals surface area contributed by atoms with Crippen LogP contribution >= 0.6 is 11.3 Å². The third-order valence-electron chi connectivity index (χ3n) is 2.27. The Morgan fingerprint density at radius 2 is 2.27 bits per heavy atom. The van der Waals surface area contributed by atoms with Crippen molar-refractivity contribution in [3.8, 4) is 10.4 Å². The van der Waals surface area contributed by atoms with E-state index in [2.05, 4.69) is 36.2 Å². The fraction of sp³-hybridized carbons (Fsp3) is 0.250. The molecule has 0 saturated carbocycles. The summed E-state index contributed by atoms with van der Waals surface area (Å²) >= 11 is 1.53. The van der Waals surface area contributed by atoms with Crippen molar-refractivity contribution in [2.24, 2.45) is 0 Å². The quantitative estimate of drug-likeness (QED) is 0.858. The lowest BCUT2D eigenvalue weighted by atomic mass is 10.1. The molecule has 78 valence electrons. The first-order chi connectivity index (χ1) is 7.29. The third-order valence-corrected chi connectivity index (χ3v) is 3.15. The Kier molecular flexibility index (Phi) is 3.02. The summed E-state index contributed by atoms with van der Waals surface area (Å²) in [6.45, 7) is 2.19. The van der Waals surface area contributed by atoms with Gasteiger partial charge in [0.05, 0.1) is 4.88 Å². The number of hydrogen-bond donors (Lipinski definition) is 1. The molecule has 0 amide bonds. The van der Waals surface area contributed by atoms with Crippen LogP contribution in [0.25, 0.3) is 10.4 Å². The minimum Gasteiger partial charge on any atom is -0.375 e. The van der Waals surface area contributed by atoms with Gasteiger partial charge in [-0.2, -0.15) is 0 Å². The summed E-state index contributed by atoms with van der Waals surface area (Å²) in [5, 5.41) is 0.630. The summed E-state index contributed by atoms with van der Waals surface area (Å²) in [5.41, 5.74) is 8.21. The second-order valence-electron chi connectivity index (χ2n) is 3.51. The first-order valence-electron chi connectivity index (χ1n) is 5.10. The van der Waals surface area contributed by atoms with Gasteiger partial charge in [-0.1, -0.05) is 48.9 Å². The second-order valence-corrected chi connectivity index (χ2v) is 4.58. The van der Waals surface area contributed by atoms with Gasteiger partial charge in [0.25, 0.3) is 0 Å². The van der Waals surface area contributed by atoms with Crippen molar-refractivity contribution in [2.75, 3.05) is 5.73 Å². The lowest BCUT2D eigenvalue weighted by Gasteiger charge is -2.01. The summed E-state index contributed by atoms with van der Waals surface area (Å²) in [7, 11) is 0. The predicted octanol–water partition coefficient (Wildman–Crippen LogP) is 3.34. The van der Waals surface area contributed by atoms with Crippen molar-refractivity contribution in [3.05, 3.63) is 36.0 Å². The van der Waals surface area contributed by atoms with E-state index in [0.29, 0.717) is 5.13 Å². The number of hydrogen-bond acceptors (Lipinski definition) is 3. The predicted molar refractivity (Wildman–Crippen MR) is 66.0 cm³/mol. The molecule has 1 aromatic carbocycles. The molecule has 0 atom stereocenters. The number of anilines is 1. The highest BCUT2D eigenvalue weighted by molar-refractivity contribution is 7.18. The summed E-state index contributed by atoms with van der Waals surface area (Å²) < 4.78 is 0. The molecular formula is C12H14N2S. The van der Waals surface area contributed by atoms with Gasteiger partial charge in [0.2, 0.25) is 0 Å². The van der Waals surface area contributed by atoms with Gasteiger partial charge in [0.1, 0.15) is 0 Å². The molecule has 0 saturated heterocycles. The van der Waals surface area contributed by atoms with Crippen LogP contribution in [0.15, 0.2) is 30.5 Å². The monoisotopic (exact) mass is 218 g/mol. The van der Waals surface area contributed by atoms with Gasteiger partial charge in [-0.3, -0.25) is 0 Å². The van der Waals surface area contributed by atoms with Crippen LogP contribution in [-0.2, 0) is 6.42 Å². The summed E-state index contributed by atoms with van der Waals surface area (Å²) in [6.07, 6.45) is 4.14. The largest absolute Gasteiger partial charge is 0.375 e. The summed E-state index contributed by atoms with van der Waals surface area (Å²) in [5.74, 6) is 0.